The minimum Gasteiger partial charge on any atom is -0.463 e. The first-order valence-corrected chi connectivity index (χ1v) is 7.31. The van der Waals surface area contributed by atoms with Crippen LogP contribution in [0.15, 0.2) is 12.7 Å². The van der Waals surface area contributed by atoms with E-state index in [1.165, 1.54) is 0 Å². The van der Waals surface area contributed by atoms with Gasteiger partial charge in [-0.15, -0.1) is 6.58 Å². The van der Waals surface area contributed by atoms with Gasteiger partial charge in [0.05, 0.1) is 39.6 Å². The Labute approximate surface area is 122 Å². The van der Waals surface area contributed by atoms with Crippen LogP contribution in [0.5, 0.6) is 0 Å². The molecule has 0 aromatic rings. The van der Waals surface area contributed by atoms with E-state index in [0.29, 0.717) is 52.7 Å². The second kappa shape index (κ2) is 16.1. The molecule has 0 aliphatic carbocycles. The summed E-state index contributed by atoms with van der Waals surface area (Å²) in [4.78, 5) is 11.3. The van der Waals surface area contributed by atoms with Crippen LogP contribution in [0, 0.1) is 0 Å². The molecule has 0 amide bonds. The van der Waals surface area contributed by atoms with E-state index in [2.05, 4.69) is 13.5 Å². The summed E-state index contributed by atoms with van der Waals surface area (Å²) in [7, 11) is 0. The average Bonchev–Trinajstić information content (AvgIpc) is 2.45. The van der Waals surface area contributed by atoms with E-state index in [9.17, 15) is 4.79 Å². The van der Waals surface area contributed by atoms with Gasteiger partial charge in [0.1, 0.15) is 6.61 Å². The highest BCUT2D eigenvalue weighted by molar-refractivity contribution is 5.69. The van der Waals surface area contributed by atoms with Crippen molar-refractivity contribution in [1.82, 2.24) is 0 Å². The Balaban J connectivity index is 3.08. The van der Waals surface area contributed by atoms with E-state index < -0.39 is 0 Å². The maximum absolute atomic E-state index is 11.3. The van der Waals surface area contributed by atoms with Gasteiger partial charge in [-0.05, 0) is 6.42 Å². The van der Waals surface area contributed by atoms with E-state index >= 15 is 0 Å². The van der Waals surface area contributed by atoms with Gasteiger partial charge in [0.2, 0.25) is 0 Å². The van der Waals surface area contributed by atoms with Gasteiger partial charge in [-0.3, -0.25) is 4.79 Å². The lowest BCUT2D eigenvalue weighted by Crippen LogP contribution is -2.13. The maximum Gasteiger partial charge on any atom is 0.305 e. The predicted molar refractivity (Wildman–Crippen MR) is 77.8 cm³/mol. The van der Waals surface area contributed by atoms with Gasteiger partial charge < -0.3 is 18.9 Å². The molecule has 5 heteroatoms. The molecule has 0 fully saturated rings. The second-order valence-electron chi connectivity index (χ2n) is 4.27. The van der Waals surface area contributed by atoms with Crippen molar-refractivity contribution < 1.29 is 23.7 Å². The van der Waals surface area contributed by atoms with Crippen LogP contribution in [0.25, 0.3) is 0 Å². The molecule has 0 aromatic heterocycles. The number of hydrogen-bond donors (Lipinski definition) is 0. The molecule has 0 spiro atoms. The first-order valence-electron chi connectivity index (χ1n) is 7.31. The van der Waals surface area contributed by atoms with Crippen molar-refractivity contribution in [3.05, 3.63) is 12.7 Å². The SMILES string of the molecule is C=CCOCCOCCOCCOC(=O)CCCCC. The third-order valence-corrected chi connectivity index (χ3v) is 2.45. The number of esters is 1. The fraction of sp³-hybridized carbons (Fsp3) is 0.800. The smallest absolute Gasteiger partial charge is 0.305 e. The fourth-order valence-electron chi connectivity index (χ4n) is 1.41. The number of unbranched alkanes of at least 4 members (excludes halogenated alkanes) is 2. The van der Waals surface area contributed by atoms with Crippen molar-refractivity contribution >= 4 is 5.97 Å². The Morgan fingerprint density at radius 1 is 0.950 bits per heavy atom. The molecule has 0 aromatic carbocycles. The van der Waals surface area contributed by atoms with E-state index in [-0.39, 0.29) is 5.97 Å². The molecule has 0 radical (unpaired) electrons. The standard InChI is InChI=1S/C15H28O5/c1-3-5-6-7-15(16)20-14-13-19-12-11-18-10-9-17-8-4-2/h4H,2-3,5-14H2,1H3. The molecule has 118 valence electrons. The first-order chi connectivity index (χ1) is 9.81. The minimum absolute atomic E-state index is 0.141. The molecule has 0 N–H and O–H groups in total. The van der Waals surface area contributed by atoms with Gasteiger partial charge >= 0.3 is 5.97 Å². The molecule has 0 bridgehead atoms. The van der Waals surface area contributed by atoms with Crippen LogP contribution >= 0.6 is 0 Å². The largest absolute Gasteiger partial charge is 0.463 e. The molecule has 0 aliphatic rings. The molecule has 0 rings (SSSR count). The normalized spacial score (nSPS) is 10.4. The molecule has 20 heavy (non-hydrogen) atoms. The lowest BCUT2D eigenvalue weighted by molar-refractivity contribution is -0.145. The van der Waals surface area contributed by atoms with Gasteiger partial charge in [0.15, 0.2) is 0 Å². The Kier molecular flexibility index (Phi) is 15.4. The fourth-order valence-corrected chi connectivity index (χ4v) is 1.41. The zero-order valence-electron chi connectivity index (χ0n) is 12.6. The highest BCUT2D eigenvalue weighted by Crippen LogP contribution is 2.00. The monoisotopic (exact) mass is 288 g/mol. The predicted octanol–water partition coefficient (Wildman–Crippen LogP) is 2.35. The van der Waals surface area contributed by atoms with Crippen LogP contribution in [0.1, 0.15) is 32.6 Å². The number of rotatable bonds is 15. The molecule has 0 saturated carbocycles. The Bertz CT molecular complexity index is 230. The van der Waals surface area contributed by atoms with Crippen LogP contribution in [-0.2, 0) is 23.7 Å². The Morgan fingerprint density at radius 3 is 2.15 bits per heavy atom. The van der Waals surface area contributed by atoms with E-state index in [0.717, 1.165) is 19.3 Å². The van der Waals surface area contributed by atoms with E-state index in [1.54, 1.807) is 6.08 Å². The van der Waals surface area contributed by atoms with Crippen molar-refractivity contribution in [3.63, 3.8) is 0 Å². The molecular weight excluding hydrogens is 260 g/mol. The summed E-state index contributed by atoms with van der Waals surface area (Å²) in [6.45, 7) is 9.04. The number of carbonyl (C=O) groups is 1. The average molecular weight is 288 g/mol. The van der Waals surface area contributed by atoms with Gasteiger partial charge in [-0.1, -0.05) is 25.8 Å². The summed E-state index contributed by atoms with van der Waals surface area (Å²) in [5, 5.41) is 0. The van der Waals surface area contributed by atoms with Crippen molar-refractivity contribution in [2.45, 2.75) is 32.6 Å². The number of ether oxygens (including phenoxy) is 4. The summed E-state index contributed by atoms with van der Waals surface area (Å²) in [6.07, 6.45) is 5.28. The topological polar surface area (TPSA) is 54.0 Å². The van der Waals surface area contributed by atoms with E-state index in [4.69, 9.17) is 18.9 Å². The van der Waals surface area contributed by atoms with E-state index in [1.807, 2.05) is 0 Å². The quantitative estimate of drug-likeness (QED) is 0.263. The highest BCUT2D eigenvalue weighted by Gasteiger charge is 2.01. The van der Waals surface area contributed by atoms with Crippen LogP contribution in [-0.4, -0.2) is 52.2 Å². The van der Waals surface area contributed by atoms with Crippen LogP contribution in [0.2, 0.25) is 0 Å². The highest BCUT2D eigenvalue weighted by atomic mass is 16.6. The third-order valence-electron chi connectivity index (χ3n) is 2.45. The summed E-state index contributed by atoms with van der Waals surface area (Å²) in [5.74, 6) is -0.141. The molecule has 0 atom stereocenters. The summed E-state index contributed by atoms with van der Waals surface area (Å²) in [6, 6.07) is 0. The van der Waals surface area contributed by atoms with Gasteiger partial charge in [0.25, 0.3) is 0 Å². The molecule has 0 aliphatic heterocycles. The van der Waals surface area contributed by atoms with Crippen molar-refractivity contribution in [1.29, 1.82) is 0 Å². The zero-order valence-corrected chi connectivity index (χ0v) is 12.6. The Hall–Kier alpha value is -0.910. The van der Waals surface area contributed by atoms with Crippen molar-refractivity contribution in [2.75, 3.05) is 46.2 Å². The zero-order chi connectivity index (χ0) is 14.9. The van der Waals surface area contributed by atoms with Crippen molar-refractivity contribution in [2.24, 2.45) is 0 Å². The molecule has 0 heterocycles. The van der Waals surface area contributed by atoms with Gasteiger partial charge in [0, 0.05) is 6.42 Å². The number of carbonyl (C=O) groups excluding carboxylic acids is 1. The third kappa shape index (κ3) is 15.1. The Morgan fingerprint density at radius 2 is 1.55 bits per heavy atom. The summed E-state index contributed by atoms with van der Waals surface area (Å²) in [5.41, 5.74) is 0. The lowest BCUT2D eigenvalue weighted by atomic mass is 10.2. The summed E-state index contributed by atoms with van der Waals surface area (Å²) < 4.78 is 20.7. The van der Waals surface area contributed by atoms with Crippen LogP contribution in [0.3, 0.4) is 0 Å². The molecular formula is C15H28O5. The maximum atomic E-state index is 11.3. The summed E-state index contributed by atoms with van der Waals surface area (Å²) >= 11 is 0. The van der Waals surface area contributed by atoms with Crippen LogP contribution < -0.4 is 0 Å². The van der Waals surface area contributed by atoms with Gasteiger partial charge in [-0.2, -0.15) is 0 Å². The molecule has 5 nitrogen and oxygen atoms in total. The first kappa shape index (κ1) is 19.1. The van der Waals surface area contributed by atoms with Crippen LogP contribution in [0.4, 0.5) is 0 Å². The lowest BCUT2D eigenvalue weighted by Gasteiger charge is -2.07. The second-order valence-corrected chi connectivity index (χ2v) is 4.27. The number of hydrogen-bond acceptors (Lipinski definition) is 5. The molecule has 0 saturated heterocycles. The van der Waals surface area contributed by atoms with Gasteiger partial charge in [-0.25, -0.2) is 0 Å². The molecule has 0 unspecified atom stereocenters. The van der Waals surface area contributed by atoms with Crippen molar-refractivity contribution in [3.8, 4) is 0 Å². The minimum atomic E-state index is -0.141.